The summed E-state index contributed by atoms with van der Waals surface area (Å²) in [5.74, 6) is -2.30. The van der Waals surface area contributed by atoms with Gasteiger partial charge in [-0.2, -0.15) is 5.10 Å². The predicted molar refractivity (Wildman–Crippen MR) is 136 cm³/mol. The first-order valence-corrected chi connectivity index (χ1v) is 13.2. The van der Waals surface area contributed by atoms with Crippen LogP contribution in [0.5, 0.6) is 0 Å². The second-order valence-electron chi connectivity index (χ2n) is 8.97. The van der Waals surface area contributed by atoms with E-state index in [4.69, 9.17) is 4.42 Å². The Morgan fingerprint density at radius 1 is 1.21 bits per heavy atom. The van der Waals surface area contributed by atoms with Crippen LogP contribution in [-0.2, 0) is 23.4 Å². The summed E-state index contributed by atoms with van der Waals surface area (Å²) in [6.45, 7) is 0.147. The van der Waals surface area contributed by atoms with Crippen molar-refractivity contribution in [2.24, 2.45) is 7.05 Å². The van der Waals surface area contributed by atoms with Gasteiger partial charge in [0.2, 0.25) is 0 Å². The highest BCUT2D eigenvalue weighted by Gasteiger charge is 2.36. The van der Waals surface area contributed by atoms with E-state index in [0.717, 1.165) is 11.6 Å². The van der Waals surface area contributed by atoms with Crippen LogP contribution >= 0.6 is 0 Å². The highest BCUT2D eigenvalue weighted by Crippen LogP contribution is 2.37. The Kier molecular flexibility index (Phi) is 5.46. The number of H-pyrrole nitrogens is 1. The third kappa shape index (κ3) is 4.08. The fraction of sp³-hybridized carbons (Fsp3) is 0.167. The number of benzene rings is 2. The largest absolute Gasteiger partial charge is 0.478 e. The molecule has 39 heavy (non-hydrogen) atoms. The lowest BCUT2D eigenvalue weighted by Gasteiger charge is -2.12. The molecule has 3 aromatic heterocycles. The number of anilines is 1. The van der Waals surface area contributed by atoms with Gasteiger partial charge in [-0.05, 0) is 35.4 Å². The van der Waals surface area contributed by atoms with Crippen molar-refractivity contribution in [1.29, 1.82) is 0 Å². The Bertz CT molecular complexity index is 1990. The van der Waals surface area contributed by atoms with E-state index < -0.39 is 33.5 Å². The molecular weight excluding hydrogens is 530 g/mol. The summed E-state index contributed by atoms with van der Waals surface area (Å²) in [6.07, 6.45) is 1.20. The number of carbonyl (C=O) groups excluding carboxylic acids is 1. The van der Waals surface area contributed by atoms with Gasteiger partial charge in [-0.15, -0.1) is 0 Å². The van der Waals surface area contributed by atoms with Crippen LogP contribution in [-0.4, -0.2) is 55.9 Å². The quantitative estimate of drug-likeness (QED) is 0.238. The summed E-state index contributed by atoms with van der Waals surface area (Å²) >= 11 is 0. The minimum atomic E-state index is -3.72. The van der Waals surface area contributed by atoms with E-state index in [1.54, 1.807) is 25.2 Å². The van der Waals surface area contributed by atoms with Crippen molar-refractivity contribution in [2.45, 2.75) is 17.5 Å². The van der Waals surface area contributed by atoms with E-state index in [1.165, 1.54) is 23.0 Å². The molecule has 1 amide bonds. The Morgan fingerprint density at radius 2 is 2.03 bits per heavy atom. The Morgan fingerprint density at radius 3 is 2.82 bits per heavy atom. The minimum absolute atomic E-state index is 0.0304. The number of nitrogens with zero attached hydrogens (tertiary/aromatic N) is 4. The zero-order valence-electron chi connectivity index (χ0n) is 20.1. The standard InChI is InChI=1S/C24H19N7O7S/c1-31-15-6-11(2-5-16(15)38-24(31)35)8-25-22(32)20-18-19(26-10-27-20)21(30-29-18)28-14-9-39(36,37)17-7-12(23(33)34)3-4-13(14)17/h2-7,10,14H,8-9H2,1H3,(H,25,32)(H,33,34)(H2,28,29,30). The van der Waals surface area contributed by atoms with Crippen molar-refractivity contribution >= 4 is 49.7 Å². The zero-order valence-corrected chi connectivity index (χ0v) is 20.9. The lowest BCUT2D eigenvalue weighted by molar-refractivity contribution is 0.0696. The van der Waals surface area contributed by atoms with E-state index >= 15 is 0 Å². The SMILES string of the molecule is Cn1c(=O)oc2ccc(CNC(=O)c3ncnc4c(NC5CS(=O)(=O)c6cc(C(=O)O)ccc65)n[nH]c34)cc21. The molecule has 4 N–H and O–H groups in total. The molecule has 4 heterocycles. The maximum absolute atomic E-state index is 13.0. The Balaban J connectivity index is 1.24. The van der Waals surface area contributed by atoms with Crippen LogP contribution < -0.4 is 16.4 Å². The maximum Gasteiger partial charge on any atom is 0.419 e. The molecule has 0 radical (unpaired) electrons. The number of carbonyl (C=O) groups is 2. The summed E-state index contributed by atoms with van der Waals surface area (Å²) < 4.78 is 31.9. The van der Waals surface area contributed by atoms with E-state index in [-0.39, 0.29) is 45.3 Å². The number of amides is 1. The summed E-state index contributed by atoms with van der Waals surface area (Å²) in [4.78, 5) is 44.2. The van der Waals surface area contributed by atoms with Gasteiger partial charge in [0, 0.05) is 13.6 Å². The predicted octanol–water partition coefficient (Wildman–Crippen LogP) is 1.37. The average molecular weight is 550 g/mol. The molecule has 0 saturated heterocycles. The van der Waals surface area contributed by atoms with Crippen LogP contribution in [0.1, 0.15) is 38.0 Å². The van der Waals surface area contributed by atoms with Gasteiger partial charge in [0.1, 0.15) is 17.4 Å². The van der Waals surface area contributed by atoms with Gasteiger partial charge in [-0.1, -0.05) is 12.1 Å². The minimum Gasteiger partial charge on any atom is -0.478 e. The zero-order chi connectivity index (χ0) is 27.5. The fourth-order valence-electron chi connectivity index (χ4n) is 4.56. The first-order chi connectivity index (χ1) is 18.6. The number of rotatable bonds is 6. The summed E-state index contributed by atoms with van der Waals surface area (Å²) in [5.41, 5.74) is 2.60. The number of oxazole rings is 1. The van der Waals surface area contributed by atoms with Crippen LogP contribution in [0.4, 0.5) is 5.82 Å². The normalized spacial score (nSPS) is 15.9. The van der Waals surface area contributed by atoms with Crippen LogP contribution in [0.25, 0.3) is 22.1 Å². The number of hydrogen-bond donors (Lipinski definition) is 4. The third-order valence-electron chi connectivity index (χ3n) is 6.54. The first kappa shape index (κ1) is 24.3. The number of aromatic nitrogens is 5. The molecule has 5 aromatic rings. The summed E-state index contributed by atoms with van der Waals surface area (Å²) in [6, 6.07) is 8.35. The first-order valence-electron chi connectivity index (χ1n) is 11.5. The van der Waals surface area contributed by atoms with Crippen molar-refractivity contribution < 1.29 is 27.5 Å². The lowest BCUT2D eigenvalue weighted by Crippen LogP contribution is -2.24. The number of hydrogen-bond acceptors (Lipinski definition) is 10. The van der Waals surface area contributed by atoms with Crippen LogP contribution in [0, 0.1) is 0 Å². The molecule has 0 bridgehead atoms. The number of aryl methyl sites for hydroxylation is 1. The second-order valence-corrected chi connectivity index (χ2v) is 11.0. The Labute approximate surface area is 218 Å². The maximum atomic E-state index is 13.0. The fourth-order valence-corrected chi connectivity index (χ4v) is 6.32. The number of nitrogens with one attached hydrogen (secondary N) is 3. The molecule has 0 saturated carbocycles. The molecule has 15 heteroatoms. The highest BCUT2D eigenvalue weighted by atomic mass is 32.2. The van der Waals surface area contributed by atoms with Gasteiger partial charge in [-0.3, -0.25) is 14.5 Å². The lowest BCUT2D eigenvalue weighted by atomic mass is 10.1. The van der Waals surface area contributed by atoms with Crippen molar-refractivity contribution in [1.82, 2.24) is 30.0 Å². The van der Waals surface area contributed by atoms with E-state index in [2.05, 4.69) is 30.8 Å². The van der Waals surface area contributed by atoms with Crippen molar-refractivity contribution in [3.8, 4) is 0 Å². The molecule has 1 unspecified atom stereocenters. The Hall–Kier alpha value is -5.05. The molecule has 2 aromatic carbocycles. The summed E-state index contributed by atoms with van der Waals surface area (Å²) in [7, 11) is -2.13. The molecule has 1 aliphatic heterocycles. The van der Waals surface area contributed by atoms with Gasteiger partial charge in [0.25, 0.3) is 5.91 Å². The van der Waals surface area contributed by atoms with Crippen molar-refractivity contribution in [2.75, 3.05) is 11.1 Å². The number of fused-ring (bicyclic) bond motifs is 3. The van der Waals surface area contributed by atoms with Crippen molar-refractivity contribution in [3.05, 3.63) is 75.7 Å². The average Bonchev–Trinajstić information content (AvgIpc) is 3.54. The smallest absolute Gasteiger partial charge is 0.419 e. The van der Waals surface area contributed by atoms with Gasteiger partial charge < -0.3 is 20.2 Å². The second kappa shape index (κ2) is 8.76. The number of aromatic amines is 1. The van der Waals surface area contributed by atoms with Gasteiger partial charge in [0.05, 0.1) is 27.8 Å². The van der Waals surface area contributed by atoms with E-state index in [9.17, 15) is 27.9 Å². The molecule has 198 valence electrons. The molecule has 1 atom stereocenters. The molecule has 0 aliphatic carbocycles. The number of aromatic carboxylic acids is 1. The third-order valence-corrected chi connectivity index (χ3v) is 8.34. The molecular formula is C24H19N7O7S. The van der Waals surface area contributed by atoms with Crippen LogP contribution in [0.2, 0.25) is 0 Å². The monoisotopic (exact) mass is 549 g/mol. The molecule has 0 spiro atoms. The van der Waals surface area contributed by atoms with Gasteiger partial charge >= 0.3 is 11.7 Å². The molecule has 0 fully saturated rings. The van der Waals surface area contributed by atoms with E-state index in [1.807, 2.05) is 0 Å². The topological polar surface area (TPSA) is 202 Å². The highest BCUT2D eigenvalue weighted by molar-refractivity contribution is 7.91. The van der Waals surface area contributed by atoms with Crippen LogP contribution in [0.3, 0.4) is 0 Å². The number of sulfone groups is 1. The molecule has 6 rings (SSSR count). The molecule has 1 aliphatic rings. The van der Waals surface area contributed by atoms with Gasteiger partial charge in [-0.25, -0.2) is 28.0 Å². The van der Waals surface area contributed by atoms with Crippen molar-refractivity contribution in [3.63, 3.8) is 0 Å². The summed E-state index contributed by atoms with van der Waals surface area (Å²) in [5, 5.41) is 22.0. The van der Waals surface area contributed by atoms with Gasteiger partial charge in [0.15, 0.2) is 26.9 Å². The van der Waals surface area contributed by atoms with Crippen LogP contribution in [0.15, 0.2) is 56.8 Å². The number of carboxylic acids is 1. The number of carboxylic acid groups (broad SMARTS) is 1. The molecule has 14 nitrogen and oxygen atoms in total. The van der Waals surface area contributed by atoms with E-state index in [0.29, 0.717) is 16.7 Å².